The zero-order valence-electron chi connectivity index (χ0n) is 43.2. The van der Waals surface area contributed by atoms with Crippen molar-refractivity contribution < 1.29 is 103 Å². The predicted octanol–water partition coefficient (Wildman–Crippen LogP) is 12.0. The minimum absolute atomic E-state index is 0.00362. The van der Waals surface area contributed by atoms with Gasteiger partial charge in [0, 0.05) is 82.2 Å². The second-order valence-corrected chi connectivity index (χ2v) is 25.6. The third-order valence-electron chi connectivity index (χ3n) is 16.5. The van der Waals surface area contributed by atoms with Gasteiger partial charge in [-0.25, -0.2) is 38.8 Å². The largest absolute Gasteiger partial charge is 0.462 e. The van der Waals surface area contributed by atoms with Gasteiger partial charge in [-0.2, -0.15) is 39.4 Å². The molecule has 1 aliphatic heterocycles. The summed E-state index contributed by atoms with van der Waals surface area (Å²) in [5.74, 6) is -22.9. The molecule has 1 unspecified atom stereocenters. The van der Waals surface area contributed by atoms with Gasteiger partial charge in [-0.15, -0.1) is 0 Å². The number of alkyl halides is 9. The van der Waals surface area contributed by atoms with E-state index in [0.717, 1.165) is 56.7 Å². The first kappa shape index (κ1) is 63.5. The van der Waals surface area contributed by atoms with Crippen LogP contribution in [0.1, 0.15) is 117 Å². The van der Waals surface area contributed by atoms with E-state index in [1.807, 2.05) is 13.8 Å². The summed E-state index contributed by atoms with van der Waals surface area (Å²) < 4.78 is 227. The van der Waals surface area contributed by atoms with Gasteiger partial charge in [0.05, 0.1) is 4.90 Å². The fourth-order valence-corrected chi connectivity index (χ4v) is 13.9. The monoisotopic (exact) mass is 1160 g/mol. The molecule has 4 saturated carbocycles. The number of Topliss-reactive ketones (excluding diaryl/α,β-unsaturated/α-hetero) is 3. The third kappa shape index (κ3) is 12.7. The van der Waals surface area contributed by atoms with Crippen LogP contribution in [0, 0.1) is 76.5 Å². The summed E-state index contributed by atoms with van der Waals surface area (Å²) in [6.45, 7) is 5.33. The Hall–Kier alpha value is -4.33. The average molecular weight is 1160 g/mol. The van der Waals surface area contributed by atoms with Crippen LogP contribution < -0.4 is 4.74 Å². The van der Waals surface area contributed by atoms with Crippen molar-refractivity contribution in [3.63, 3.8) is 0 Å². The van der Waals surface area contributed by atoms with E-state index in [9.17, 15) is 93.1 Å². The highest BCUT2D eigenvalue weighted by atomic mass is 32.2. The van der Waals surface area contributed by atoms with Crippen LogP contribution in [0.5, 0.6) is 11.5 Å². The molecule has 2 aromatic rings. The van der Waals surface area contributed by atoms with E-state index in [4.69, 9.17) is 9.47 Å². The summed E-state index contributed by atoms with van der Waals surface area (Å²) >= 11 is 0. The Morgan fingerprint density at radius 2 is 1.36 bits per heavy atom. The molecule has 0 spiro atoms. The van der Waals surface area contributed by atoms with Crippen molar-refractivity contribution in [1.82, 2.24) is 4.31 Å². The van der Waals surface area contributed by atoms with Crippen molar-refractivity contribution in [3.05, 3.63) is 53.1 Å². The molecule has 9 atom stereocenters. The van der Waals surface area contributed by atoms with E-state index in [2.05, 4.69) is 6.92 Å². The molecule has 0 amide bonds. The minimum Gasteiger partial charge on any atom is -0.462 e. The molecular weight excluding hydrogens is 1100 g/mol. The van der Waals surface area contributed by atoms with Crippen LogP contribution in [0.25, 0.3) is 0 Å². The van der Waals surface area contributed by atoms with Crippen LogP contribution in [0.2, 0.25) is 0 Å². The maximum Gasteiger partial charge on any atom is 0.427 e. The zero-order valence-corrected chi connectivity index (χ0v) is 44.9. The number of ether oxygens (including phenoxy) is 2. The number of hydrogen-bond donors (Lipinski definition) is 0. The van der Waals surface area contributed by atoms with Gasteiger partial charge in [-0.1, -0.05) is 27.2 Å². The fraction of sp³-hybridized carbons (Fsp3) is 0.686. The lowest BCUT2D eigenvalue weighted by Crippen LogP contribution is -2.60. The lowest BCUT2D eigenvalue weighted by Gasteiger charge is -2.58. The smallest absolute Gasteiger partial charge is 0.427 e. The number of nitrogens with zero attached hydrogens (tertiary/aromatic N) is 1. The van der Waals surface area contributed by atoms with Crippen molar-refractivity contribution in [2.75, 3.05) is 26.0 Å². The number of rotatable bonds is 14. The molecule has 0 radical (unpaired) electrons. The standard InChI is InChI=1S/C28H39F3O5.C14H10F4O3S.C9H13F6NO2S/c1-15(5-8-24(35)36-14-22(29)28(4,30)31)18-6-7-19-25-20(13-23(34)27(18,19)3)26(2)10-9-17(32)11-16(26)12-21(25)33;1-7-10(15)12(17)14(13(18)11(7)16)21-8-3-5-9(6-4-8)22(2,19)20;1-7(10,11)8(12,13)9(14,15)19(17,18)16-5-3-2-4-6-16/h15-16,18-20,22,25H,5-14H2,1-4H3;3-6H,1-2H3;2-6H2,1H3/t15-,16+,18-,19+,20+,22?,25+,26+,27-;;/m1../s1. The second kappa shape index (κ2) is 23.0. The maximum absolute atomic E-state index is 13.8. The summed E-state index contributed by atoms with van der Waals surface area (Å²) in [7, 11) is -9.28. The molecule has 11 nitrogen and oxygen atoms in total. The van der Waals surface area contributed by atoms with E-state index < -0.39 is 109 Å². The summed E-state index contributed by atoms with van der Waals surface area (Å²) in [6, 6.07) is 4.51. The van der Waals surface area contributed by atoms with E-state index >= 15 is 0 Å². The molecular formula is C51H62F13NO10S2. The molecule has 0 aromatic heterocycles. The number of ketones is 3. The van der Waals surface area contributed by atoms with Gasteiger partial charge >= 0.3 is 23.1 Å². The molecule has 77 heavy (non-hydrogen) atoms. The number of carbonyl (C=O) groups excluding carboxylic acids is 4. The minimum atomic E-state index is -5.98. The Morgan fingerprint density at radius 3 is 1.88 bits per heavy atom. The van der Waals surface area contributed by atoms with Gasteiger partial charge < -0.3 is 9.47 Å². The second-order valence-electron chi connectivity index (χ2n) is 21.6. The van der Waals surface area contributed by atoms with Gasteiger partial charge in [-0.05, 0) is 105 Å². The summed E-state index contributed by atoms with van der Waals surface area (Å²) in [5, 5.41) is -5.85. The van der Waals surface area contributed by atoms with Gasteiger partial charge in [0.25, 0.3) is 15.9 Å². The van der Waals surface area contributed by atoms with E-state index in [0.29, 0.717) is 45.4 Å². The Kier molecular flexibility index (Phi) is 19.0. The van der Waals surface area contributed by atoms with Crippen LogP contribution >= 0.6 is 0 Å². The molecule has 0 N–H and O–H groups in total. The maximum atomic E-state index is 13.8. The summed E-state index contributed by atoms with van der Waals surface area (Å²) in [5.41, 5.74) is -1.61. The van der Waals surface area contributed by atoms with Crippen LogP contribution in [0.4, 0.5) is 57.1 Å². The molecule has 5 fully saturated rings. The predicted molar refractivity (Wildman–Crippen MR) is 251 cm³/mol. The van der Waals surface area contributed by atoms with E-state index in [1.165, 1.54) is 0 Å². The Balaban J connectivity index is 0.000000229. The quantitative estimate of drug-likeness (QED) is 0.101. The summed E-state index contributed by atoms with van der Waals surface area (Å²) in [6.07, 6.45) is 3.88. The molecule has 7 rings (SSSR count). The molecule has 434 valence electrons. The SMILES string of the molecule is CC(F)(F)C(F)(F)C(F)(F)S(=O)(=O)N1CCCCC1.C[C@H](CCC(=O)OCC(F)C(C)(F)F)[C@H]1CC[C@H]2[C@@H]3C(=O)C[C@@H]4CC(=O)CC[C@]4(C)[C@H]3CC(=O)[C@]12C.Cc1c(F)c(F)c(Oc2ccc(S(C)(=O)=O)cc2)c(F)c1F. The number of benzene rings is 2. The van der Waals surface area contributed by atoms with Crippen molar-refractivity contribution in [2.45, 2.75) is 153 Å². The number of hydrogen-bond acceptors (Lipinski definition) is 10. The number of halogens is 13. The number of sulfonamides is 1. The van der Waals surface area contributed by atoms with Gasteiger partial charge in [0.1, 0.15) is 29.7 Å². The van der Waals surface area contributed by atoms with Crippen LogP contribution in [-0.4, -0.2) is 99.6 Å². The van der Waals surface area contributed by atoms with Crippen molar-refractivity contribution in [3.8, 4) is 11.5 Å². The fourth-order valence-electron chi connectivity index (χ4n) is 11.7. The normalized spacial score (nSPS) is 27.2. The molecule has 0 bridgehead atoms. The number of fused-ring (bicyclic) bond motifs is 5. The lowest BCUT2D eigenvalue weighted by atomic mass is 9.44. The highest BCUT2D eigenvalue weighted by molar-refractivity contribution is 7.90. The first-order chi connectivity index (χ1) is 35.2. The van der Waals surface area contributed by atoms with Crippen molar-refractivity contribution in [2.24, 2.45) is 46.3 Å². The number of piperidine rings is 1. The molecule has 4 aliphatic carbocycles. The van der Waals surface area contributed by atoms with E-state index in [-0.39, 0.29) is 106 Å². The Bertz CT molecular complexity index is 2740. The molecule has 1 heterocycles. The first-order valence-corrected chi connectivity index (χ1v) is 28.2. The van der Waals surface area contributed by atoms with Crippen LogP contribution in [0.15, 0.2) is 29.2 Å². The topological polar surface area (TPSA) is 158 Å². The van der Waals surface area contributed by atoms with Crippen LogP contribution in [-0.2, 0) is 43.8 Å². The molecule has 1 saturated heterocycles. The molecule has 2 aromatic carbocycles. The zero-order chi connectivity index (χ0) is 58.4. The number of esters is 1. The lowest BCUT2D eigenvalue weighted by molar-refractivity contribution is -0.272. The summed E-state index contributed by atoms with van der Waals surface area (Å²) in [4.78, 5) is 51.4. The Labute approximate surface area is 438 Å². The average Bonchev–Trinajstić information content (AvgIpc) is 3.71. The third-order valence-corrected chi connectivity index (χ3v) is 19.5. The number of sulfone groups is 1. The first-order valence-electron chi connectivity index (χ1n) is 24.9. The van der Waals surface area contributed by atoms with Gasteiger partial charge in [0.2, 0.25) is 17.4 Å². The molecule has 26 heteroatoms. The van der Waals surface area contributed by atoms with E-state index in [1.54, 1.807) is 0 Å². The Morgan fingerprint density at radius 1 is 0.805 bits per heavy atom. The van der Waals surface area contributed by atoms with Crippen molar-refractivity contribution in [1.29, 1.82) is 0 Å². The number of carbonyl (C=O) groups is 4. The highest BCUT2D eigenvalue weighted by Gasteiger charge is 2.76. The highest BCUT2D eigenvalue weighted by Crippen LogP contribution is 2.66. The van der Waals surface area contributed by atoms with Crippen molar-refractivity contribution >= 4 is 43.2 Å². The van der Waals surface area contributed by atoms with Crippen LogP contribution in [0.3, 0.4) is 0 Å². The molecule has 5 aliphatic rings. The van der Waals surface area contributed by atoms with Gasteiger partial charge in [-0.3, -0.25) is 19.2 Å². The van der Waals surface area contributed by atoms with Gasteiger partial charge in [0.15, 0.2) is 27.6 Å².